The summed E-state index contributed by atoms with van der Waals surface area (Å²) >= 11 is 0. The van der Waals surface area contributed by atoms with Crippen molar-refractivity contribution >= 4 is 15.7 Å². The first kappa shape index (κ1) is 17.2. The average Bonchev–Trinajstić information content (AvgIpc) is 2.48. The SMILES string of the molecule is O=S(=O)(Nc1c(F)cccc1CO)c1cccc(C(F)(F)F)c1. The zero-order valence-electron chi connectivity index (χ0n) is 11.4. The Balaban J connectivity index is 2.45. The number of para-hydroxylation sites is 1. The lowest BCUT2D eigenvalue weighted by atomic mass is 10.2. The van der Waals surface area contributed by atoms with Gasteiger partial charge in [-0.25, -0.2) is 12.8 Å². The van der Waals surface area contributed by atoms with Gasteiger partial charge in [-0.3, -0.25) is 4.72 Å². The van der Waals surface area contributed by atoms with Gasteiger partial charge in [-0.15, -0.1) is 0 Å². The van der Waals surface area contributed by atoms with E-state index in [1.165, 1.54) is 12.1 Å². The van der Waals surface area contributed by atoms with Gasteiger partial charge in [0.2, 0.25) is 0 Å². The molecule has 0 aliphatic heterocycles. The molecule has 0 aromatic heterocycles. The summed E-state index contributed by atoms with van der Waals surface area (Å²) in [5, 5.41) is 9.11. The van der Waals surface area contributed by atoms with Crippen LogP contribution in [-0.2, 0) is 22.8 Å². The van der Waals surface area contributed by atoms with Crippen LogP contribution in [0.4, 0.5) is 23.2 Å². The Labute approximate surface area is 129 Å². The molecule has 2 N–H and O–H groups in total. The smallest absolute Gasteiger partial charge is 0.392 e. The summed E-state index contributed by atoms with van der Waals surface area (Å²) in [6, 6.07) is 6.57. The van der Waals surface area contributed by atoms with Gasteiger partial charge in [0, 0.05) is 5.56 Å². The number of hydrogen-bond donors (Lipinski definition) is 2. The largest absolute Gasteiger partial charge is 0.416 e. The van der Waals surface area contributed by atoms with Crippen LogP contribution in [0.2, 0.25) is 0 Å². The van der Waals surface area contributed by atoms with Crippen LogP contribution >= 0.6 is 0 Å². The molecule has 0 spiro atoms. The fourth-order valence-electron chi connectivity index (χ4n) is 1.85. The molecule has 2 aromatic rings. The standard InChI is InChI=1S/C14H11F4NO3S/c15-12-6-1-3-9(8-20)13(12)19-23(21,22)11-5-2-4-10(7-11)14(16,17)18/h1-7,19-20H,8H2. The summed E-state index contributed by atoms with van der Waals surface area (Å²) in [7, 11) is -4.45. The Kier molecular flexibility index (Phi) is 4.62. The van der Waals surface area contributed by atoms with E-state index in [1.807, 2.05) is 4.72 Å². The first-order valence-electron chi connectivity index (χ1n) is 6.23. The third-order valence-corrected chi connectivity index (χ3v) is 4.33. The van der Waals surface area contributed by atoms with Gasteiger partial charge in [0.25, 0.3) is 10.0 Å². The Morgan fingerprint density at radius 3 is 2.35 bits per heavy atom. The molecule has 9 heteroatoms. The molecule has 0 aliphatic rings. The molecule has 0 heterocycles. The Bertz CT molecular complexity index is 819. The fourth-order valence-corrected chi connectivity index (χ4v) is 3.00. The maximum atomic E-state index is 13.7. The highest BCUT2D eigenvalue weighted by atomic mass is 32.2. The monoisotopic (exact) mass is 349 g/mol. The van der Waals surface area contributed by atoms with Crippen LogP contribution in [0.25, 0.3) is 0 Å². The molecule has 0 unspecified atom stereocenters. The lowest BCUT2D eigenvalue weighted by Gasteiger charge is -2.13. The van der Waals surface area contributed by atoms with Gasteiger partial charge in [-0.2, -0.15) is 13.2 Å². The van der Waals surface area contributed by atoms with Crippen molar-refractivity contribution in [3.63, 3.8) is 0 Å². The molecule has 0 atom stereocenters. The minimum Gasteiger partial charge on any atom is -0.392 e. The number of aliphatic hydroxyl groups is 1. The van der Waals surface area contributed by atoms with E-state index in [0.29, 0.717) is 6.07 Å². The molecule has 2 aromatic carbocycles. The van der Waals surface area contributed by atoms with E-state index < -0.39 is 44.8 Å². The first-order valence-corrected chi connectivity index (χ1v) is 7.72. The molecule has 0 saturated carbocycles. The number of anilines is 1. The van der Waals surface area contributed by atoms with Gasteiger partial charge in [0.05, 0.1) is 22.8 Å². The summed E-state index contributed by atoms with van der Waals surface area (Å²) in [4.78, 5) is -0.667. The van der Waals surface area contributed by atoms with Gasteiger partial charge in [0.15, 0.2) is 0 Å². The maximum absolute atomic E-state index is 13.7. The van der Waals surface area contributed by atoms with E-state index in [0.717, 1.165) is 24.3 Å². The van der Waals surface area contributed by atoms with Crippen LogP contribution < -0.4 is 4.72 Å². The minimum absolute atomic E-state index is 0.0412. The van der Waals surface area contributed by atoms with Gasteiger partial charge in [-0.05, 0) is 24.3 Å². The van der Waals surface area contributed by atoms with Gasteiger partial charge in [0.1, 0.15) is 5.82 Å². The van der Waals surface area contributed by atoms with Gasteiger partial charge < -0.3 is 5.11 Å². The van der Waals surface area contributed by atoms with Gasteiger partial charge >= 0.3 is 6.18 Å². The zero-order valence-corrected chi connectivity index (χ0v) is 12.2. The van der Waals surface area contributed by atoms with Crippen molar-refractivity contribution in [2.75, 3.05) is 4.72 Å². The van der Waals surface area contributed by atoms with Crippen molar-refractivity contribution in [2.45, 2.75) is 17.7 Å². The molecule has 0 radical (unpaired) electrons. The number of sulfonamides is 1. The fraction of sp³-hybridized carbons (Fsp3) is 0.143. The second-order valence-electron chi connectivity index (χ2n) is 4.56. The quantitative estimate of drug-likeness (QED) is 0.834. The van der Waals surface area contributed by atoms with Crippen LogP contribution in [0.15, 0.2) is 47.4 Å². The van der Waals surface area contributed by atoms with Crippen LogP contribution in [0.1, 0.15) is 11.1 Å². The predicted octanol–water partition coefficient (Wildman–Crippen LogP) is 3.14. The number of benzene rings is 2. The lowest BCUT2D eigenvalue weighted by molar-refractivity contribution is -0.137. The molecule has 0 bridgehead atoms. The van der Waals surface area contributed by atoms with E-state index in [1.54, 1.807) is 0 Å². The number of halogens is 4. The van der Waals surface area contributed by atoms with E-state index in [4.69, 9.17) is 5.11 Å². The number of aliphatic hydroxyl groups excluding tert-OH is 1. The van der Waals surface area contributed by atoms with Crippen LogP contribution in [-0.4, -0.2) is 13.5 Å². The van der Waals surface area contributed by atoms with Crippen molar-refractivity contribution in [3.05, 3.63) is 59.4 Å². The van der Waals surface area contributed by atoms with Crippen molar-refractivity contribution in [3.8, 4) is 0 Å². The highest BCUT2D eigenvalue weighted by Gasteiger charge is 2.31. The highest BCUT2D eigenvalue weighted by Crippen LogP contribution is 2.31. The summed E-state index contributed by atoms with van der Waals surface area (Å²) in [5.41, 5.74) is -1.69. The van der Waals surface area contributed by atoms with E-state index >= 15 is 0 Å². The lowest BCUT2D eigenvalue weighted by Crippen LogP contribution is -2.16. The maximum Gasteiger partial charge on any atom is 0.416 e. The number of nitrogens with one attached hydrogen (secondary N) is 1. The average molecular weight is 349 g/mol. The van der Waals surface area contributed by atoms with Gasteiger partial charge in [-0.1, -0.05) is 18.2 Å². The molecular weight excluding hydrogens is 338 g/mol. The Morgan fingerprint density at radius 2 is 1.74 bits per heavy atom. The van der Waals surface area contributed by atoms with E-state index in [9.17, 15) is 26.0 Å². The van der Waals surface area contributed by atoms with Crippen molar-refractivity contribution in [1.82, 2.24) is 0 Å². The second-order valence-corrected chi connectivity index (χ2v) is 6.25. The van der Waals surface area contributed by atoms with Crippen LogP contribution in [0, 0.1) is 5.82 Å². The topological polar surface area (TPSA) is 66.4 Å². The summed E-state index contributed by atoms with van der Waals surface area (Å²) in [5.74, 6) is -0.952. The van der Waals surface area contributed by atoms with Crippen molar-refractivity contribution < 1.29 is 31.1 Å². The number of alkyl halides is 3. The summed E-state index contributed by atoms with van der Waals surface area (Å²) in [6.45, 7) is -0.641. The molecule has 124 valence electrons. The predicted molar refractivity (Wildman–Crippen MR) is 74.6 cm³/mol. The molecule has 2 rings (SSSR count). The molecule has 0 amide bonds. The van der Waals surface area contributed by atoms with E-state index in [2.05, 4.69) is 0 Å². The Hall–Kier alpha value is -2.13. The molecule has 0 fully saturated rings. The third kappa shape index (κ3) is 3.80. The minimum atomic E-state index is -4.71. The summed E-state index contributed by atoms with van der Waals surface area (Å²) in [6.07, 6.45) is -4.71. The molecule has 0 saturated heterocycles. The Morgan fingerprint density at radius 1 is 1.09 bits per heavy atom. The first-order chi connectivity index (χ1) is 10.6. The normalized spacial score (nSPS) is 12.2. The molecule has 23 heavy (non-hydrogen) atoms. The summed E-state index contributed by atoms with van der Waals surface area (Å²) < 4.78 is 77.9. The zero-order chi connectivity index (χ0) is 17.3. The number of rotatable bonds is 4. The number of hydrogen-bond acceptors (Lipinski definition) is 3. The molecule has 4 nitrogen and oxygen atoms in total. The van der Waals surface area contributed by atoms with E-state index in [-0.39, 0.29) is 5.56 Å². The molecular formula is C14H11F4NO3S. The molecule has 0 aliphatic carbocycles. The van der Waals surface area contributed by atoms with Crippen LogP contribution in [0.5, 0.6) is 0 Å². The van der Waals surface area contributed by atoms with Crippen molar-refractivity contribution in [2.24, 2.45) is 0 Å². The second kappa shape index (κ2) is 6.17. The highest BCUT2D eigenvalue weighted by molar-refractivity contribution is 7.92. The van der Waals surface area contributed by atoms with Crippen molar-refractivity contribution in [1.29, 1.82) is 0 Å². The van der Waals surface area contributed by atoms with Crippen LogP contribution in [0.3, 0.4) is 0 Å². The third-order valence-electron chi connectivity index (χ3n) is 2.98.